The van der Waals surface area contributed by atoms with Gasteiger partial charge in [-0.2, -0.15) is 5.10 Å². The number of aromatic nitrogens is 2. The van der Waals surface area contributed by atoms with Gasteiger partial charge in [0.25, 0.3) is 5.69 Å². The van der Waals surface area contributed by atoms with Gasteiger partial charge in [0.05, 0.1) is 10.6 Å². The van der Waals surface area contributed by atoms with Gasteiger partial charge in [-0.3, -0.25) is 10.1 Å². The molecule has 0 atom stereocenters. The minimum Gasteiger partial charge on any atom is -0.477 e. The van der Waals surface area contributed by atoms with E-state index in [1.54, 1.807) is 20.9 Å². The quantitative estimate of drug-likeness (QED) is 0.684. The van der Waals surface area contributed by atoms with Crippen LogP contribution in [0.3, 0.4) is 0 Å². The second kappa shape index (κ2) is 5.23. The number of aromatic carboxylic acids is 1. The van der Waals surface area contributed by atoms with Crippen molar-refractivity contribution in [1.82, 2.24) is 9.78 Å². The predicted molar refractivity (Wildman–Crippen MR) is 72.8 cm³/mol. The predicted octanol–water partition coefficient (Wildman–Crippen LogP) is 2.44. The zero-order valence-electron chi connectivity index (χ0n) is 11.7. The molecule has 2 aromatic rings. The van der Waals surface area contributed by atoms with Gasteiger partial charge in [0.1, 0.15) is 11.3 Å². The molecule has 0 saturated heterocycles. The minimum absolute atomic E-state index is 0.0259. The standard InChI is InChI=1S/C13H13N3O5/c1-7-6-9(4-5-10(7)16(19)20)21-12-11(13(17)18)8(2)14-15(12)3/h4-6H,1-3H3,(H,17,18). The average Bonchev–Trinajstić information content (AvgIpc) is 2.63. The summed E-state index contributed by atoms with van der Waals surface area (Å²) < 4.78 is 6.85. The highest BCUT2D eigenvalue weighted by Gasteiger charge is 2.22. The normalized spacial score (nSPS) is 10.4. The van der Waals surface area contributed by atoms with Crippen molar-refractivity contribution in [1.29, 1.82) is 0 Å². The molecule has 0 unspecified atom stereocenters. The van der Waals surface area contributed by atoms with Gasteiger partial charge >= 0.3 is 5.97 Å². The molecule has 1 heterocycles. The molecule has 0 aliphatic carbocycles. The molecule has 0 aliphatic rings. The van der Waals surface area contributed by atoms with Crippen molar-refractivity contribution in [3.8, 4) is 11.6 Å². The molecule has 8 heteroatoms. The fraction of sp³-hybridized carbons (Fsp3) is 0.231. The van der Waals surface area contributed by atoms with Crippen LogP contribution in [0.15, 0.2) is 18.2 Å². The van der Waals surface area contributed by atoms with E-state index in [-0.39, 0.29) is 17.1 Å². The first-order valence-corrected chi connectivity index (χ1v) is 6.01. The number of nitrogens with zero attached hydrogens (tertiary/aromatic N) is 3. The van der Waals surface area contributed by atoms with E-state index in [2.05, 4.69) is 5.10 Å². The van der Waals surface area contributed by atoms with Crippen LogP contribution in [0.25, 0.3) is 0 Å². The topological polar surface area (TPSA) is 107 Å². The van der Waals surface area contributed by atoms with Crippen molar-refractivity contribution < 1.29 is 19.6 Å². The summed E-state index contributed by atoms with van der Waals surface area (Å²) in [4.78, 5) is 21.5. The van der Waals surface area contributed by atoms with Crippen LogP contribution >= 0.6 is 0 Å². The number of aryl methyl sites for hydroxylation is 3. The molecule has 0 amide bonds. The lowest BCUT2D eigenvalue weighted by molar-refractivity contribution is -0.385. The van der Waals surface area contributed by atoms with Crippen molar-refractivity contribution in [2.45, 2.75) is 13.8 Å². The Morgan fingerprint density at radius 2 is 2.10 bits per heavy atom. The first kappa shape index (κ1) is 14.5. The largest absolute Gasteiger partial charge is 0.477 e. The summed E-state index contributed by atoms with van der Waals surface area (Å²) in [5.74, 6) is -0.758. The summed E-state index contributed by atoms with van der Waals surface area (Å²) in [5, 5.41) is 24.0. The van der Waals surface area contributed by atoms with Crippen LogP contribution in [0.4, 0.5) is 5.69 Å². The molecule has 1 aromatic heterocycles. The van der Waals surface area contributed by atoms with Gasteiger partial charge in [-0.05, 0) is 26.0 Å². The number of ether oxygens (including phenoxy) is 1. The fourth-order valence-corrected chi connectivity index (χ4v) is 2.01. The van der Waals surface area contributed by atoms with Gasteiger partial charge in [-0.15, -0.1) is 0 Å². The summed E-state index contributed by atoms with van der Waals surface area (Å²) in [7, 11) is 1.56. The number of hydrogen-bond acceptors (Lipinski definition) is 5. The van der Waals surface area contributed by atoms with E-state index in [9.17, 15) is 20.0 Å². The third-order valence-electron chi connectivity index (χ3n) is 2.96. The third-order valence-corrected chi connectivity index (χ3v) is 2.96. The third kappa shape index (κ3) is 2.69. The fourth-order valence-electron chi connectivity index (χ4n) is 2.01. The van der Waals surface area contributed by atoms with Crippen LogP contribution in [-0.4, -0.2) is 25.8 Å². The van der Waals surface area contributed by atoms with E-state index in [4.69, 9.17) is 4.74 Å². The Balaban J connectivity index is 2.41. The molecule has 1 N–H and O–H groups in total. The summed E-state index contributed by atoms with van der Waals surface area (Å²) >= 11 is 0. The first-order chi connectivity index (χ1) is 9.81. The number of benzene rings is 1. The van der Waals surface area contributed by atoms with Gasteiger partial charge < -0.3 is 9.84 Å². The van der Waals surface area contributed by atoms with E-state index < -0.39 is 10.9 Å². The number of rotatable bonds is 4. The Kier molecular flexibility index (Phi) is 3.62. The van der Waals surface area contributed by atoms with E-state index in [1.165, 1.54) is 22.9 Å². The molecule has 0 aliphatic heterocycles. The summed E-state index contributed by atoms with van der Waals surface area (Å²) in [6.07, 6.45) is 0. The number of carboxylic acids is 1. The van der Waals surface area contributed by atoms with E-state index >= 15 is 0 Å². The zero-order chi connectivity index (χ0) is 15.7. The van der Waals surface area contributed by atoms with Crippen molar-refractivity contribution in [3.63, 3.8) is 0 Å². The summed E-state index contributed by atoms with van der Waals surface area (Å²) in [6, 6.07) is 4.21. The minimum atomic E-state index is -1.14. The molecule has 0 spiro atoms. The molecule has 0 bridgehead atoms. The van der Waals surface area contributed by atoms with E-state index in [0.717, 1.165) is 0 Å². The van der Waals surface area contributed by atoms with Crippen molar-refractivity contribution in [2.24, 2.45) is 7.05 Å². The molecule has 21 heavy (non-hydrogen) atoms. The Morgan fingerprint density at radius 1 is 1.43 bits per heavy atom. The molecule has 110 valence electrons. The van der Waals surface area contributed by atoms with Gasteiger partial charge in [-0.1, -0.05) is 0 Å². The van der Waals surface area contributed by atoms with Gasteiger partial charge in [0, 0.05) is 18.7 Å². The van der Waals surface area contributed by atoms with Crippen LogP contribution in [0.1, 0.15) is 21.6 Å². The highest BCUT2D eigenvalue weighted by Crippen LogP contribution is 2.30. The monoisotopic (exact) mass is 291 g/mol. The molecule has 0 radical (unpaired) electrons. The van der Waals surface area contributed by atoms with Crippen LogP contribution in [0.5, 0.6) is 11.6 Å². The lowest BCUT2D eigenvalue weighted by atomic mass is 10.2. The van der Waals surface area contributed by atoms with Gasteiger partial charge in [0.15, 0.2) is 0 Å². The smallest absolute Gasteiger partial charge is 0.343 e. The number of carboxylic acid groups (broad SMARTS) is 1. The second-order valence-electron chi connectivity index (χ2n) is 4.50. The number of carbonyl (C=O) groups is 1. The summed E-state index contributed by atoms with van der Waals surface area (Å²) in [5.41, 5.74) is 0.697. The van der Waals surface area contributed by atoms with E-state index in [1.807, 2.05) is 0 Å². The Hall–Kier alpha value is -2.90. The van der Waals surface area contributed by atoms with Gasteiger partial charge in [0.2, 0.25) is 5.88 Å². The Bertz CT molecular complexity index is 736. The highest BCUT2D eigenvalue weighted by molar-refractivity contribution is 5.91. The number of hydrogen-bond donors (Lipinski definition) is 1. The molecule has 1 aromatic carbocycles. The Labute approximate surface area is 119 Å². The second-order valence-corrected chi connectivity index (χ2v) is 4.50. The SMILES string of the molecule is Cc1cc(Oc2c(C(=O)O)c(C)nn2C)ccc1[N+](=O)[O-]. The number of nitro groups is 1. The van der Waals surface area contributed by atoms with Crippen molar-refractivity contribution in [2.75, 3.05) is 0 Å². The lowest BCUT2D eigenvalue weighted by Gasteiger charge is -2.08. The number of nitro benzene ring substituents is 1. The maximum absolute atomic E-state index is 11.2. The highest BCUT2D eigenvalue weighted by atomic mass is 16.6. The molecule has 0 fully saturated rings. The van der Waals surface area contributed by atoms with Crippen LogP contribution in [0.2, 0.25) is 0 Å². The van der Waals surface area contributed by atoms with Crippen LogP contribution in [-0.2, 0) is 7.05 Å². The lowest BCUT2D eigenvalue weighted by Crippen LogP contribution is -2.02. The van der Waals surface area contributed by atoms with Gasteiger partial charge in [-0.25, -0.2) is 9.48 Å². The van der Waals surface area contributed by atoms with Crippen LogP contribution in [0, 0.1) is 24.0 Å². The molecular formula is C13H13N3O5. The molecular weight excluding hydrogens is 278 g/mol. The zero-order valence-corrected chi connectivity index (χ0v) is 11.7. The van der Waals surface area contributed by atoms with Crippen molar-refractivity contribution >= 4 is 11.7 Å². The van der Waals surface area contributed by atoms with Crippen LogP contribution < -0.4 is 4.74 Å². The van der Waals surface area contributed by atoms with E-state index in [0.29, 0.717) is 17.0 Å². The first-order valence-electron chi connectivity index (χ1n) is 6.01. The average molecular weight is 291 g/mol. The van der Waals surface area contributed by atoms with Crippen molar-refractivity contribution in [3.05, 3.63) is 45.1 Å². The molecule has 8 nitrogen and oxygen atoms in total. The maximum atomic E-state index is 11.2. The maximum Gasteiger partial charge on any atom is 0.343 e. The molecule has 0 saturated carbocycles. The summed E-state index contributed by atoms with van der Waals surface area (Å²) in [6.45, 7) is 3.15. The molecule has 2 rings (SSSR count). The Morgan fingerprint density at radius 3 is 2.62 bits per heavy atom.